The molecule has 1 aliphatic carbocycles. The van der Waals surface area contributed by atoms with E-state index >= 15 is 4.39 Å². The molecule has 150 valence electrons. The lowest BCUT2D eigenvalue weighted by molar-refractivity contribution is -0.123. The molecule has 1 amide bonds. The Hall–Kier alpha value is -1.62. The van der Waals surface area contributed by atoms with Gasteiger partial charge in [-0.05, 0) is 43.2 Å². The largest absolute Gasteiger partial charge is 0.326 e. The minimum Gasteiger partial charge on any atom is -0.326 e. The van der Waals surface area contributed by atoms with E-state index in [1.54, 1.807) is 24.3 Å². The molecule has 0 aromatic heterocycles. The van der Waals surface area contributed by atoms with Gasteiger partial charge in [0.1, 0.15) is 5.83 Å². The second-order valence-corrected chi connectivity index (χ2v) is 8.46. The van der Waals surface area contributed by atoms with Gasteiger partial charge in [0.25, 0.3) is 0 Å². The molecule has 28 heavy (non-hydrogen) atoms. The lowest BCUT2D eigenvalue weighted by Gasteiger charge is -2.39. The number of benzene rings is 1. The normalized spacial score (nSPS) is 24.6. The zero-order chi connectivity index (χ0) is 20.1. The third-order valence-electron chi connectivity index (χ3n) is 5.68. The summed E-state index contributed by atoms with van der Waals surface area (Å²) in [5.74, 6) is -1.51. The van der Waals surface area contributed by atoms with Crippen LogP contribution in [0.1, 0.15) is 32.1 Å². The van der Waals surface area contributed by atoms with Crippen molar-refractivity contribution in [2.45, 2.75) is 37.6 Å². The van der Waals surface area contributed by atoms with Gasteiger partial charge in [-0.3, -0.25) is 4.79 Å². The van der Waals surface area contributed by atoms with Crippen molar-refractivity contribution in [2.24, 2.45) is 11.8 Å². The molecule has 1 saturated carbocycles. The summed E-state index contributed by atoms with van der Waals surface area (Å²) < 4.78 is 15.0. The molecule has 2 N–H and O–H groups in total. The van der Waals surface area contributed by atoms with Crippen LogP contribution >= 0.6 is 23.2 Å². The maximum Gasteiger partial charge on any atom is 0.230 e. The van der Waals surface area contributed by atoms with Crippen LogP contribution in [0.5, 0.6) is 0 Å². The van der Waals surface area contributed by atoms with Gasteiger partial charge in [-0.1, -0.05) is 61.2 Å². The smallest absolute Gasteiger partial charge is 0.230 e. The van der Waals surface area contributed by atoms with Crippen LogP contribution in [0.15, 0.2) is 59.9 Å². The Kier molecular flexibility index (Phi) is 6.97. The highest BCUT2D eigenvalue weighted by Crippen LogP contribution is 2.45. The highest BCUT2D eigenvalue weighted by Gasteiger charge is 2.53. The summed E-state index contributed by atoms with van der Waals surface area (Å²) in [5.41, 5.74) is 0.258. The number of nitrogens with one attached hydrogen (secondary N) is 2. The highest BCUT2D eigenvalue weighted by atomic mass is 35.5. The average Bonchev–Trinajstić information content (AvgIpc) is 3.00. The van der Waals surface area contributed by atoms with E-state index in [-0.39, 0.29) is 17.3 Å². The first-order valence-electron chi connectivity index (χ1n) is 9.61. The van der Waals surface area contributed by atoms with Gasteiger partial charge in [0, 0.05) is 33.7 Å². The van der Waals surface area contributed by atoms with Gasteiger partial charge in [-0.2, -0.15) is 0 Å². The van der Waals surface area contributed by atoms with E-state index in [0.717, 1.165) is 32.1 Å². The van der Waals surface area contributed by atoms with Crippen molar-refractivity contribution in [1.29, 1.82) is 0 Å². The first-order valence-corrected chi connectivity index (χ1v) is 10.4. The fourth-order valence-corrected chi connectivity index (χ4v) is 4.70. The predicted octanol–water partition coefficient (Wildman–Crippen LogP) is 5.98. The quantitative estimate of drug-likeness (QED) is 0.572. The first kappa shape index (κ1) is 21.1. The molecule has 1 saturated heterocycles. The minimum atomic E-state index is -0.523. The molecule has 1 aromatic rings. The maximum absolute atomic E-state index is 15.0. The molecule has 1 aromatic carbocycles. The molecule has 2 aliphatic rings. The number of allylic oxidation sites excluding steroid dienone is 4. The number of amides is 1. The van der Waals surface area contributed by atoms with Crippen LogP contribution in [0.2, 0.25) is 5.02 Å². The van der Waals surface area contributed by atoms with Crippen LogP contribution < -0.4 is 10.6 Å². The SMILES string of the molecule is C=C(Cl)/C=C\C=C(/F)C1CNC2(CCCCC2)C1C(=O)Nc1cccc(Cl)c1. The van der Waals surface area contributed by atoms with E-state index in [1.165, 1.54) is 18.2 Å². The van der Waals surface area contributed by atoms with Crippen LogP contribution in [0.3, 0.4) is 0 Å². The molecule has 2 fully saturated rings. The molecule has 2 unspecified atom stereocenters. The van der Waals surface area contributed by atoms with Gasteiger partial charge < -0.3 is 10.6 Å². The van der Waals surface area contributed by atoms with Crippen LogP contribution in [-0.2, 0) is 4.79 Å². The van der Waals surface area contributed by atoms with Crippen molar-refractivity contribution in [3.05, 3.63) is 65.0 Å². The summed E-state index contributed by atoms with van der Waals surface area (Å²) in [7, 11) is 0. The topological polar surface area (TPSA) is 41.1 Å². The summed E-state index contributed by atoms with van der Waals surface area (Å²) in [5, 5.41) is 7.31. The second kappa shape index (κ2) is 9.25. The second-order valence-electron chi connectivity index (χ2n) is 7.54. The Bertz CT molecular complexity index is 799. The Morgan fingerprint density at radius 3 is 2.75 bits per heavy atom. The molecule has 3 nitrogen and oxygen atoms in total. The number of rotatable bonds is 5. The molecular weight excluding hydrogens is 398 g/mol. The molecule has 1 heterocycles. The molecular formula is C22H25Cl2FN2O. The number of anilines is 1. The van der Waals surface area contributed by atoms with Crippen LogP contribution in [-0.4, -0.2) is 18.0 Å². The Balaban J connectivity index is 1.87. The third kappa shape index (κ3) is 4.86. The predicted molar refractivity (Wildman–Crippen MR) is 114 cm³/mol. The summed E-state index contributed by atoms with van der Waals surface area (Å²) in [4.78, 5) is 13.3. The standard InChI is InChI=1S/C22H25Cl2FN2O/c1-15(23)7-5-10-19(25)18-14-26-22(11-3-2-4-12-22)20(18)21(28)27-17-9-6-8-16(24)13-17/h5-10,13,18,20,26H,1-4,11-12,14H2,(H,27,28)/b7-5-,19-10-. The van der Waals surface area contributed by atoms with Crippen molar-refractivity contribution in [3.63, 3.8) is 0 Å². The molecule has 0 bridgehead atoms. The van der Waals surface area contributed by atoms with Crippen molar-refractivity contribution in [1.82, 2.24) is 5.32 Å². The Labute approximate surface area is 175 Å². The number of hydrogen-bond acceptors (Lipinski definition) is 2. The van der Waals surface area contributed by atoms with Gasteiger partial charge in [0.05, 0.1) is 5.92 Å². The van der Waals surface area contributed by atoms with Crippen LogP contribution in [0, 0.1) is 11.8 Å². The summed E-state index contributed by atoms with van der Waals surface area (Å²) in [6, 6.07) is 7.02. The van der Waals surface area contributed by atoms with Gasteiger partial charge in [-0.25, -0.2) is 4.39 Å². The Morgan fingerprint density at radius 1 is 1.32 bits per heavy atom. The molecule has 2 atom stereocenters. The van der Waals surface area contributed by atoms with Crippen molar-refractivity contribution in [3.8, 4) is 0 Å². The fourth-order valence-electron chi connectivity index (χ4n) is 4.44. The van der Waals surface area contributed by atoms with E-state index in [4.69, 9.17) is 23.2 Å². The minimum absolute atomic E-state index is 0.173. The molecule has 1 spiro atoms. The monoisotopic (exact) mass is 422 g/mol. The van der Waals surface area contributed by atoms with Crippen molar-refractivity contribution >= 4 is 34.8 Å². The van der Waals surface area contributed by atoms with Gasteiger partial charge in [0.15, 0.2) is 0 Å². The van der Waals surface area contributed by atoms with Crippen molar-refractivity contribution in [2.75, 3.05) is 11.9 Å². The summed E-state index contributed by atoms with van der Waals surface area (Å²) >= 11 is 11.7. The Morgan fingerprint density at radius 2 is 2.07 bits per heavy atom. The van der Waals surface area contributed by atoms with E-state index in [9.17, 15) is 4.79 Å². The fraction of sp³-hybridized carbons (Fsp3) is 0.409. The highest BCUT2D eigenvalue weighted by molar-refractivity contribution is 6.31. The van der Waals surface area contributed by atoms with Gasteiger partial charge in [-0.15, -0.1) is 0 Å². The summed E-state index contributed by atoms with van der Waals surface area (Å²) in [6.45, 7) is 3.99. The number of halogens is 3. The number of hydrogen-bond donors (Lipinski definition) is 2. The molecule has 1 aliphatic heterocycles. The zero-order valence-electron chi connectivity index (χ0n) is 15.7. The lowest BCUT2D eigenvalue weighted by atomic mass is 9.70. The van der Waals surface area contributed by atoms with Crippen LogP contribution in [0.4, 0.5) is 10.1 Å². The van der Waals surface area contributed by atoms with E-state index in [1.807, 2.05) is 0 Å². The molecule has 6 heteroatoms. The van der Waals surface area contributed by atoms with Crippen LogP contribution in [0.25, 0.3) is 0 Å². The van der Waals surface area contributed by atoms with E-state index in [2.05, 4.69) is 17.2 Å². The average molecular weight is 423 g/mol. The maximum atomic E-state index is 15.0. The third-order valence-corrected chi connectivity index (χ3v) is 6.04. The van der Waals surface area contributed by atoms with E-state index in [0.29, 0.717) is 22.3 Å². The number of carbonyl (C=O) groups excluding carboxylic acids is 1. The summed E-state index contributed by atoms with van der Waals surface area (Å²) in [6.07, 6.45) is 9.41. The lowest BCUT2D eigenvalue weighted by Crippen LogP contribution is -2.51. The molecule has 3 rings (SSSR count). The van der Waals surface area contributed by atoms with Gasteiger partial charge in [0.2, 0.25) is 5.91 Å². The van der Waals surface area contributed by atoms with E-state index < -0.39 is 11.8 Å². The van der Waals surface area contributed by atoms with Crippen molar-refractivity contribution < 1.29 is 9.18 Å². The van der Waals surface area contributed by atoms with Gasteiger partial charge >= 0.3 is 0 Å². The number of carbonyl (C=O) groups is 1. The first-order chi connectivity index (χ1) is 13.4. The molecule has 0 radical (unpaired) electrons. The zero-order valence-corrected chi connectivity index (χ0v) is 17.2.